The number of nitrogens with one attached hydrogen (secondary N) is 1. The molecule has 0 radical (unpaired) electrons. The summed E-state index contributed by atoms with van der Waals surface area (Å²) in [6.45, 7) is -0.344. The molecule has 1 fully saturated rings. The number of aliphatic hydroxyl groups excluding tert-OH is 1. The van der Waals surface area contributed by atoms with Crippen LogP contribution in [0, 0.1) is 0 Å². The van der Waals surface area contributed by atoms with Crippen molar-refractivity contribution in [2.24, 2.45) is 0 Å². The smallest absolute Gasteiger partial charge is 0.330 e. The van der Waals surface area contributed by atoms with Gasteiger partial charge in [-0.2, -0.15) is 0 Å². The number of H-pyrrole nitrogens is 1. The molecule has 1 aliphatic rings. The van der Waals surface area contributed by atoms with Crippen molar-refractivity contribution in [3.63, 3.8) is 0 Å². The maximum absolute atomic E-state index is 13.7. The summed E-state index contributed by atoms with van der Waals surface area (Å²) in [6.07, 6.45) is -4.94. The molecule has 3 rings (SSSR count). The van der Waals surface area contributed by atoms with Gasteiger partial charge in [0.2, 0.25) is 0 Å². The van der Waals surface area contributed by atoms with E-state index in [1.807, 2.05) is 11.1 Å². The molecule has 1 aliphatic heterocycles. The van der Waals surface area contributed by atoms with Crippen LogP contribution in [0.3, 0.4) is 0 Å². The first kappa shape index (κ1) is 18.4. The van der Waals surface area contributed by atoms with Crippen LogP contribution in [0.15, 0.2) is 52.2 Å². The molecule has 0 saturated carbocycles. The Hall–Kier alpha value is -2.36. The van der Waals surface area contributed by atoms with Gasteiger partial charge in [-0.25, -0.2) is 13.6 Å². The summed E-state index contributed by atoms with van der Waals surface area (Å²) < 4.78 is 39.0. The van der Waals surface area contributed by atoms with Gasteiger partial charge in [0.15, 0.2) is 11.8 Å². The van der Waals surface area contributed by atoms with Crippen molar-refractivity contribution in [3.8, 4) is 0 Å². The number of hydrogen-bond donors (Lipinski definition) is 2. The Bertz CT molecular complexity index is 854. The number of aromatic nitrogens is 2. The van der Waals surface area contributed by atoms with Crippen molar-refractivity contribution in [2.75, 3.05) is 6.61 Å². The number of hydrogen-bond acceptors (Lipinski definition) is 5. The summed E-state index contributed by atoms with van der Waals surface area (Å²) in [4.78, 5) is 25.0. The Morgan fingerprint density at radius 2 is 2.04 bits per heavy atom. The van der Waals surface area contributed by atoms with Crippen LogP contribution in [0.5, 0.6) is 0 Å². The van der Waals surface area contributed by atoms with Gasteiger partial charge in [0.05, 0.1) is 13.2 Å². The Morgan fingerprint density at radius 3 is 2.69 bits per heavy atom. The van der Waals surface area contributed by atoms with Crippen LogP contribution in [0.25, 0.3) is 0 Å². The Labute approximate surface area is 146 Å². The highest BCUT2D eigenvalue weighted by atomic mass is 19.3. The number of halogens is 2. The monoisotopic (exact) mass is 368 g/mol. The zero-order valence-corrected chi connectivity index (χ0v) is 13.7. The summed E-state index contributed by atoms with van der Waals surface area (Å²) in [6, 6.07) is 10.1. The molecule has 2 N–H and O–H groups in total. The number of ether oxygens (including phenoxy) is 2. The fourth-order valence-corrected chi connectivity index (χ4v) is 2.90. The van der Waals surface area contributed by atoms with E-state index in [0.717, 1.165) is 22.4 Å². The molecule has 9 heteroatoms. The molecule has 0 amide bonds. The summed E-state index contributed by atoms with van der Waals surface area (Å²) in [5.41, 5.74) is -2.72. The lowest BCUT2D eigenvalue weighted by Crippen LogP contribution is -2.43. The highest BCUT2D eigenvalue weighted by Crippen LogP contribution is 2.40. The van der Waals surface area contributed by atoms with Gasteiger partial charge in [0.1, 0.15) is 6.10 Å². The molecule has 140 valence electrons. The summed E-state index contributed by atoms with van der Waals surface area (Å²) in [5.74, 6) is 0. The molecule has 2 heterocycles. The van der Waals surface area contributed by atoms with Gasteiger partial charge in [-0.1, -0.05) is 30.3 Å². The molecule has 1 saturated heterocycles. The van der Waals surface area contributed by atoms with Crippen LogP contribution < -0.4 is 11.2 Å². The number of aromatic amines is 1. The lowest BCUT2D eigenvalue weighted by molar-refractivity contribution is -0.183. The number of benzene rings is 1. The molecular formula is C17H18F2N2O5. The van der Waals surface area contributed by atoms with E-state index in [1.54, 1.807) is 24.3 Å². The van der Waals surface area contributed by atoms with Crippen LogP contribution in [0.1, 0.15) is 18.2 Å². The molecule has 1 aromatic heterocycles. The van der Waals surface area contributed by atoms with Gasteiger partial charge in [0, 0.05) is 18.7 Å². The van der Waals surface area contributed by atoms with E-state index in [4.69, 9.17) is 9.47 Å². The third-order valence-electron chi connectivity index (χ3n) is 4.22. The number of aliphatic hydroxyl groups is 1. The molecule has 0 spiro atoms. The Morgan fingerprint density at radius 1 is 1.31 bits per heavy atom. The second kappa shape index (κ2) is 7.48. The van der Waals surface area contributed by atoms with Gasteiger partial charge in [-0.15, -0.1) is 0 Å². The SMILES string of the molecule is O=c1ccn(C2OC(COCc3ccccc3)(C(F)F)CC2O)c(=O)[nH]1. The van der Waals surface area contributed by atoms with Crippen molar-refractivity contribution >= 4 is 0 Å². The van der Waals surface area contributed by atoms with Crippen molar-refractivity contribution in [3.05, 3.63) is 69.0 Å². The maximum atomic E-state index is 13.7. The molecule has 3 atom stereocenters. The van der Waals surface area contributed by atoms with E-state index in [1.165, 1.54) is 0 Å². The summed E-state index contributed by atoms with van der Waals surface area (Å²) >= 11 is 0. The minimum atomic E-state index is -2.93. The van der Waals surface area contributed by atoms with Crippen LogP contribution in [-0.2, 0) is 16.1 Å². The van der Waals surface area contributed by atoms with Gasteiger partial charge in [-0.3, -0.25) is 14.3 Å². The number of rotatable bonds is 6. The topological polar surface area (TPSA) is 93.5 Å². The number of nitrogens with zero attached hydrogens (tertiary/aromatic N) is 1. The van der Waals surface area contributed by atoms with Crippen LogP contribution in [0.2, 0.25) is 0 Å². The van der Waals surface area contributed by atoms with Crippen LogP contribution >= 0.6 is 0 Å². The van der Waals surface area contributed by atoms with Gasteiger partial charge in [-0.05, 0) is 5.56 Å². The second-order valence-corrected chi connectivity index (χ2v) is 6.14. The van der Waals surface area contributed by atoms with Crippen LogP contribution in [0.4, 0.5) is 8.78 Å². The average molecular weight is 368 g/mol. The lowest BCUT2D eigenvalue weighted by atomic mass is 10.0. The third kappa shape index (κ3) is 3.74. The summed E-state index contributed by atoms with van der Waals surface area (Å²) in [5, 5.41) is 10.2. The third-order valence-corrected chi connectivity index (χ3v) is 4.22. The van der Waals surface area contributed by atoms with E-state index in [2.05, 4.69) is 0 Å². The highest BCUT2D eigenvalue weighted by molar-refractivity contribution is 5.13. The molecule has 1 aromatic carbocycles. The zero-order chi connectivity index (χ0) is 18.7. The number of alkyl halides is 2. The Kier molecular flexibility index (Phi) is 5.30. The zero-order valence-electron chi connectivity index (χ0n) is 13.7. The van der Waals surface area contributed by atoms with E-state index in [9.17, 15) is 23.5 Å². The van der Waals surface area contributed by atoms with Gasteiger partial charge < -0.3 is 14.6 Å². The van der Waals surface area contributed by atoms with E-state index in [0.29, 0.717) is 0 Å². The van der Waals surface area contributed by atoms with Gasteiger partial charge >= 0.3 is 5.69 Å². The maximum Gasteiger partial charge on any atom is 0.330 e. The minimum absolute atomic E-state index is 0.109. The largest absolute Gasteiger partial charge is 0.388 e. The van der Waals surface area contributed by atoms with E-state index in [-0.39, 0.29) is 6.61 Å². The summed E-state index contributed by atoms with van der Waals surface area (Å²) in [7, 11) is 0. The van der Waals surface area contributed by atoms with Crippen LogP contribution in [-0.4, -0.2) is 39.4 Å². The molecule has 7 nitrogen and oxygen atoms in total. The molecular weight excluding hydrogens is 350 g/mol. The van der Waals surface area contributed by atoms with Crippen molar-refractivity contribution in [1.82, 2.24) is 9.55 Å². The Balaban J connectivity index is 1.75. The van der Waals surface area contributed by atoms with E-state index >= 15 is 0 Å². The first-order valence-corrected chi connectivity index (χ1v) is 7.98. The average Bonchev–Trinajstić information content (AvgIpc) is 2.94. The normalized spacial score (nSPS) is 25.7. The quantitative estimate of drug-likeness (QED) is 0.795. The predicted molar refractivity (Wildman–Crippen MR) is 86.9 cm³/mol. The first-order chi connectivity index (χ1) is 12.4. The minimum Gasteiger partial charge on any atom is -0.388 e. The fourth-order valence-electron chi connectivity index (χ4n) is 2.90. The van der Waals surface area contributed by atoms with E-state index < -0.39 is 48.6 Å². The second-order valence-electron chi connectivity index (χ2n) is 6.14. The van der Waals surface area contributed by atoms with Crippen molar-refractivity contribution in [2.45, 2.75) is 37.4 Å². The van der Waals surface area contributed by atoms with Crippen molar-refractivity contribution < 1.29 is 23.4 Å². The molecule has 3 unspecified atom stereocenters. The standard InChI is InChI=1S/C17H18F2N2O5/c18-15(19)17(10-25-9-11-4-2-1-3-5-11)8-12(22)14(26-17)21-7-6-13(23)20-16(21)24/h1-7,12,14-15,22H,8-10H2,(H,20,23,24). The fraction of sp³-hybridized carbons (Fsp3) is 0.412. The predicted octanol–water partition coefficient (Wildman–Crippen LogP) is 1.04. The highest BCUT2D eigenvalue weighted by Gasteiger charge is 2.53. The molecule has 0 aliphatic carbocycles. The molecule has 2 aromatic rings. The van der Waals surface area contributed by atoms with Gasteiger partial charge in [0.25, 0.3) is 12.0 Å². The molecule has 0 bridgehead atoms. The molecule has 26 heavy (non-hydrogen) atoms. The lowest BCUT2D eigenvalue weighted by Gasteiger charge is -2.28. The first-order valence-electron chi connectivity index (χ1n) is 7.98. The van der Waals surface area contributed by atoms with Crippen molar-refractivity contribution in [1.29, 1.82) is 0 Å².